The molecular formula is C21H22N4O3. The third-order valence-corrected chi connectivity index (χ3v) is 5.20. The Kier molecular flexibility index (Phi) is 4.73. The minimum absolute atomic E-state index is 0.0844. The van der Waals surface area contributed by atoms with E-state index in [1.54, 1.807) is 34.7 Å². The first kappa shape index (κ1) is 18.0. The second kappa shape index (κ2) is 7.34. The highest BCUT2D eigenvalue weighted by Crippen LogP contribution is 2.28. The van der Waals surface area contributed by atoms with Crippen LogP contribution in [-0.2, 0) is 7.05 Å². The van der Waals surface area contributed by atoms with Crippen molar-refractivity contribution in [3.05, 3.63) is 76.5 Å². The molecule has 0 aliphatic carbocycles. The molecule has 1 aliphatic heterocycles. The van der Waals surface area contributed by atoms with Crippen LogP contribution in [0.4, 0.5) is 0 Å². The van der Waals surface area contributed by atoms with E-state index in [9.17, 15) is 14.7 Å². The summed E-state index contributed by atoms with van der Waals surface area (Å²) in [6.07, 6.45) is 1.46. The van der Waals surface area contributed by atoms with Crippen molar-refractivity contribution in [2.45, 2.75) is 18.8 Å². The zero-order valence-electron chi connectivity index (χ0n) is 15.7. The molecule has 0 bridgehead atoms. The van der Waals surface area contributed by atoms with Crippen LogP contribution in [0.2, 0.25) is 0 Å². The minimum Gasteiger partial charge on any atom is -0.508 e. The molecule has 1 aliphatic rings. The summed E-state index contributed by atoms with van der Waals surface area (Å²) >= 11 is 0. The van der Waals surface area contributed by atoms with Crippen LogP contribution in [0.3, 0.4) is 0 Å². The molecule has 7 heteroatoms. The Hall–Kier alpha value is -3.35. The highest BCUT2D eigenvalue weighted by atomic mass is 16.3. The maximum Gasteiger partial charge on any atom is 0.350 e. The minimum atomic E-state index is -0.167. The molecule has 0 atom stereocenters. The van der Waals surface area contributed by atoms with Gasteiger partial charge in [-0.25, -0.2) is 14.0 Å². The van der Waals surface area contributed by atoms with Crippen LogP contribution in [0.5, 0.6) is 5.75 Å². The molecule has 0 unspecified atom stereocenters. The lowest BCUT2D eigenvalue weighted by Crippen LogP contribution is -2.38. The third-order valence-electron chi connectivity index (χ3n) is 5.20. The van der Waals surface area contributed by atoms with Crippen molar-refractivity contribution in [2.24, 2.45) is 7.05 Å². The molecule has 0 spiro atoms. The number of aryl methyl sites for hydroxylation is 1. The van der Waals surface area contributed by atoms with Crippen molar-refractivity contribution in [1.82, 2.24) is 19.2 Å². The van der Waals surface area contributed by atoms with Crippen LogP contribution in [0, 0.1) is 0 Å². The third kappa shape index (κ3) is 3.31. The van der Waals surface area contributed by atoms with E-state index in [4.69, 9.17) is 0 Å². The molecule has 2 aromatic carbocycles. The molecule has 2 heterocycles. The van der Waals surface area contributed by atoms with Gasteiger partial charge in [0, 0.05) is 31.6 Å². The van der Waals surface area contributed by atoms with Gasteiger partial charge in [0.1, 0.15) is 11.6 Å². The lowest BCUT2D eigenvalue weighted by Gasteiger charge is -2.31. The summed E-state index contributed by atoms with van der Waals surface area (Å²) in [5.74, 6) is 0.836. The number of nitrogens with zero attached hydrogens (tertiary/aromatic N) is 4. The molecule has 4 rings (SSSR count). The number of aromatic hydroxyl groups is 1. The fraction of sp³-hybridized carbons (Fsp3) is 0.286. The Labute approximate surface area is 162 Å². The van der Waals surface area contributed by atoms with Crippen LogP contribution >= 0.6 is 0 Å². The number of para-hydroxylation sites is 1. The van der Waals surface area contributed by atoms with Gasteiger partial charge in [0.05, 0.1) is 5.69 Å². The fourth-order valence-electron chi connectivity index (χ4n) is 3.73. The first-order chi connectivity index (χ1) is 13.5. The first-order valence-electron chi connectivity index (χ1n) is 9.34. The molecule has 7 nitrogen and oxygen atoms in total. The van der Waals surface area contributed by atoms with Gasteiger partial charge in [-0.2, -0.15) is 5.10 Å². The Morgan fingerprint density at radius 2 is 1.79 bits per heavy atom. The van der Waals surface area contributed by atoms with Gasteiger partial charge in [-0.15, -0.1) is 0 Å². The molecule has 3 aromatic rings. The summed E-state index contributed by atoms with van der Waals surface area (Å²) in [7, 11) is 1.66. The number of aromatic nitrogens is 3. The molecule has 1 saturated heterocycles. The van der Waals surface area contributed by atoms with Crippen molar-refractivity contribution < 1.29 is 9.90 Å². The molecule has 1 N–H and O–H groups in total. The molecule has 0 saturated carbocycles. The van der Waals surface area contributed by atoms with Crippen molar-refractivity contribution >= 4 is 5.91 Å². The standard InChI is InChI=1S/C21H22N4O3/c1-23-21(28)25(17-7-3-2-4-8-17)19(22-23)15-10-12-24(13-11-15)20(27)16-6-5-9-18(26)14-16/h2-9,14-15,26H,10-13H2,1H3. The number of benzene rings is 2. The molecule has 1 fully saturated rings. The van der Waals surface area contributed by atoms with Gasteiger partial charge in [-0.3, -0.25) is 4.79 Å². The number of hydrogen-bond acceptors (Lipinski definition) is 4. The van der Waals surface area contributed by atoms with Crippen LogP contribution in [0.1, 0.15) is 34.9 Å². The summed E-state index contributed by atoms with van der Waals surface area (Å²) in [5, 5.41) is 14.1. The number of hydrogen-bond donors (Lipinski definition) is 1. The van der Waals surface area contributed by atoms with E-state index in [2.05, 4.69) is 5.10 Å². The Bertz CT molecular complexity index is 1050. The van der Waals surface area contributed by atoms with Gasteiger partial charge < -0.3 is 10.0 Å². The molecular weight excluding hydrogens is 356 g/mol. The number of phenols is 1. The Morgan fingerprint density at radius 3 is 2.46 bits per heavy atom. The SMILES string of the molecule is Cn1nc(C2CCN(C(=O)c3cccc(O)c3)CC2)n(-c2ccccc2)c1=O. The van der Waals surface area contributed by atoms with E-state index in [1.807, 2.05) is 30.3 Å². The predicted octanol–water partition coefficient (Wildman–Crippen LogP) is 2.30. The zero-order chi connectivity index (χ0) is 19.7. The zero-order valence-corrected chi connectivity index (χ0v) is 15.7. The number of rotatable bonds is 3. The van der Waals surface area contributed by atoms with E-state index in [1.165, 1.54) is 10.7 Å². The lowest BCUT2D eigenvalue weighted by atomic mass is 9.95. The first-order valence-corrected chi connectivity index (χ1v) is 9.34. The van der Waals surface area contributed by atoms with E-state index in [0.29, 0.717) is 18.7 Å². The molecule has 28 heavy (non-hydrogen) atoms. The second-order valence-electron chi connectivity index (χ2n) is 7.05. The van der Waals surface area contributed by atoms with Gasteiger partial charge >= 0.3 is 5.69 Å². The monoisotopic (exact) mass is 378 g/mol. The predicted molar refractivity (Wildman–Crippen MR) is 105 cm³/mol. The summed E-state index contributed by atoms with van der Waals surface area (Å²) in [4.78, 5) is 27.1. The Morgan fingerprint density at radius 1 is 1.07 bits per heavy atom. The van der Waals surface area contributed by atoms with E-state index in [-0.39, 0.29) is 23.3 Å². The molecule has 1 amide bonds. The second-order valence-corrected chi connectivity index (χ2v) is 7.05. The van der Waals surface area contributed by atoms with Gasteiger partial charge in [-0.1, -0.05) is 24.3 Å². The average molecular weight is 378 g/mol. The molecule has 144 valence electrons. The van der Waals surface area contributed by atoms with E-state index < -0.39 is 0 Å². The topological polar surface area (TPSA) is 80.4 Å². The quantitative estimate of drug-likeness (QED) is 0.758. The van der Waals surface area contributed by atoms with E-state index in [0.717, 1.165) is 24.4 Å². The maximum absolute atomic E-state index is 12.7. The Balaban J connectivity index is 1.54. The number of amides is 1. The normalized spacial score (nSPS) is 15.0. The van der Waals surface area contributed by atoms with Crippen LogP contribution in [0.25, 0.3) is 5.69 Å². The summed E-state index contributed by atoms with van der Waals surface area (Å²) in [6.45, 7) is 1.16. The van der Waals surface area contributed by atoms with Crippen molar-refractivity contribution in [3.63, 3.8) is 0 Å². The highest BCUT2D eigenvalue weighted by molar-refractivity contribution is 5.94. The summed E-state index contributed by atoms with van der Waals surface area (Å²) in [6, 6.07) is 15.9. The van der Waals surface area contributed by atoms with Gasteiger partial charge in [0.2, 0.25) is 0 Å². The number of phenolic OH excluding ortho intramolecular Hbond substituents is 1. The summed E-state index contributed by atoms with van der Waals surface area (Å²) < 4.78 is 3.03. The maximum atomic E-state index is 12.7. The van der Waals surface area contributed by atoms with Crippen LogP contribution in [-0.4, -0.2) is 43.4 Å². The van der Waals surface area contributed by atoms with Gasteiger partial charge in [0.15, 0.2) is 0 Å². The fourth-order valence-corrected chi connectivity index (χ4v) is 3.73. The van der Waals surface area contributed by atoms with Crippen LogP contribution in [0.15, 0.2) is 59.4 Å². The summed E-state index contributed by atoms with van der Waals surface area (Å²) in [5.41, 5.74) is 1.12. The number of carbonyl (C=O) groups excluding carboxylic acids is 1. The van der Waals surface area contributed by atoms with Crippen LogP contribution < -0.4 is 5.69 Å². The average Bonchev–Trinajstić information content (AvgIpc) is 3.03. The highest BCUT2D eigenvalue weighted by Gasteiger charge is 2.29. The smallest absolute Gasteiger partial charge is 0.350 e. The number of carbonyl (C=O) groups is 1. The van der Waals surface area contributed by atoms with Crippen molar-refractivity contribution in [3.8, 4) is 11.4 Å². The van der Waals surface area contributed by atoms with Gasteiger partial charge in [-0.05, 0) is 43.2 Å². The van der Waals surface area contributed by atoms with Crippen molar-refractivity contribution in [1.29, 1.82) is 0 Å². The number of piperidine rings is 1. The molecule has 1 aromatic heterocycles. The largest absolute Gasteiger partial charge is 0.508 e. The van der Waals surface area contributed by atoms with Gasteiger partial charge in [0.25, 0.3) is 5.91 Å². The molecule has 0 radical (unpaired) electrons. The lowest BCUT2D eigenvalue weighted by molar-refractivity contribution is 0.0710. The van der Waals surface area contributed by atoms with Crippen molar-refractivity contribution in [2.75, 3.05) is 13.1 Å². The number of likely N-dealkylation sites (tertiary alicyclic amines) is 1. The van der Waals surface area contributed by atoms with E-state index >= 15 is 0 Å².